The van der Waals surface area contributed by atoms with Crippen molar-refractivity contribution in [2.75, 3.05) is 20.3 Å². The first kappa shape index (κ1) is 7.22. The van der Waals surface area contributed by atoms with Crippen molar-refractivity contribution in [3.8, 4) is 0 Å². The Morgan fingerprint density at radius 2 is 2.56 bits per heavy atom. The van der Waals surface area contributed by atoms with Crippen molar-refractivity contribution in [3.05, 3.63) is 0 Å². The second-order valence-corrected chi connectivity index (χ2v) is 3.71. The second-order valence-electron chi connectivity index (χ2n) is 1.77. The van der Waals surface area contributed by atoms with Gasteiger partial charge in [-0.05, 0) is 6.42 Å². The molecule has 1 heterocycles. The molecule has 9 heavy (non-hydrogen) atoms. The monoisotopic (exact) mass is 151 g/mol. The van der Waals surface area contributed by atoms with Gasteiger partial charge in [-0.1, -0.05) is 0 Å². The predicted octanol–water partition coefficient (Wildman–Crippen LogP) is 0.751. The van der Waals surface area contributed by atoms with Gasteiger partial charge in [-0.3, -0.25) is 4.52 Å². The zero-order valence-electron chi connectivity index (χ0n) is 5.29. The van der Waals surface area contributed by atoms with Gasteiger partial charge in [0, 0.05) is 13.7 Å². The minimum absolute atomic E-state index is 0.526. The highest BCUT2D eigenvalue weighted by atomic mass is 31.2. The number of rotatable bonds is 1. The van der Waals surface area contributed by atoms with Crippen molar-refractivity contribution in [3.63, 3.8) is 0 Å². The molecule has 0 aliphatic carbocycles. The Morgan fingerprint density at radius 1 is 1.78 bits per heavy atom. The zero-order chi connectivity index (χ0) is 6.74. The Morgan fingerprint density at radius 3 is 2.89 bits per heavy atom. The van der Waals surface area contributed by atoms with Crippen LogP contribution >= 0.6 is 7.75 Å². The van der Waals surface area contributed by atoms with Crippen LogP contribution in [-0.2, 0) is 13.6 Å². The fourth-order valence-electron chi connectivity index (χ4n) is 0.636. The fourth-order valence-corrected chi connectivity index (χ4v) is 1.76. The van der Waals surface area contributed by atoms with Crippen LogP contribution in [0.5, 0.6) is 0 Å². The van der Waals surface area contributed by atoms with Crippen LogP contribution in [0, 0.1) is 0 Å². The van der Waals surface area contributed by atoms with E-state index in [0.29, 0.717) is 13.2 Å². The van der Waals surface area contributed by atoms with Gasteiger partial charge in [0.25, 0.3) is 0 Å². The molecule has 1 aliphatic heterocycles. The van der Waals surface area contributed by atoms with Gasteiger partial charge >= 0.3 is 7.75 Å². The fraction of sp³-hybridized carbons (Fsp3) is 1.00. The van der Waals surface area contributed by atoms with Gasteiger partial charge in [-0.2, -0.15) is 0 Å². The third kappa shape index (κ3) is 1.76. The van der Waals surface area contributed by atoms with E-state index in [9.17, 15) is 4.57 Å². The molecular weight excluding hydrogens is 141 g/mol. The van der Waals surface area contributed by atoms with Crippen LogP contribution in [0.3, 0.4) is 0 Å². The molecule has 1 N–H and O–H groups in total. The van der Waals surface area contributed by atoms with Gasteiger partial charge in [0.2, 0.25) is 0 Å². The lowest BCUT2D eigenvalue weighted by Gasteiger charge is -2.21. The van der Waals surface area contributed by atoms with Gasteiger partial charge in [0.15, 0.2) is 0 Å². The minimum Gasteiger partial charge on any atom is -0.300 e. The van der Waals surface area contributed by atoms with E-state index in [1.165, 1.54) is 7.11 Å². The summed E-state index contributed by atoms with van der Waals surface area (Å²) in [5.74, 6) is 0. The van der Waals surface area contributed by atoms with E-state index in [0.717, 1.165) is 6.42 Å². The Balaban J connectivity index is 2.47. The largest absolute Gasteiger partial charge is 0.405 e. The van der Waals surface area contributed by atoms with E-state index in [4.69, 9.17) is 4.52 Å². The van der Waals surface area contributed by atoms with Crippen LogP contribution in [0.1, 0.15) is 6.42 Å². The molecule has 1 aliphatic rings. The first-order valence-electron chi connectivity index (χ1n) is 2.82. The summed E-state index contributed by atoms with van der Waals surface area (Å²) in [5.41, 5.74) is 0. The Bertz CT molecular complexity index is 128. The summed E-state index contributed by atoms with van der Waals surface area (Å²) < 4.78 is 20.5. The third-order valence-corrected chi connectivity index (χ3v) is 2.74. The quantitative estimate of drug-likeness (QED) is 0.562. The van der Waals surface area contributed by atoms with Gasteiger partial charge < -0.3 is 4.52 Å². The van der Waals surface area contributed by atoms with Crippen LogP contribution in [-0.4, -0.2) is 20.3 Å². The van der Waals surface area contributed by atoms with Crippen molar-refractivity contribution in [1.29, 1.82) is 0 Å². The highest BCUT2D eigenvalue weighted by Gasteiger charge is 2.24. The summed E-state index contributed by atoms with van der Waals surface area (Å²) in [6.45, 7) is 1.24. The molecule has 0 amide bonds. The molecule has 54 valence electrons. The summed E-state index contributed by atoms with van der Waals surface area (Å²) >= 11 is 0. The van der Waals surface area contributed by atoms with Gasteiger partial charge in [-0.15, -0.1) is 0 Å². The summed E-state index contributed by atoms with van der Waals surface area (Å²) in [4.78, 5) is 0. The predicted molar refractivity (Wildman–Crippen MR) is 33.2 cm³/mol. The molecule has 1 atom stereocenters. The van der Waals surface area contributed by atoms with E-state index < -0.39 is 7.75 Å². The van der Waals surface area contributed by atoms with Crippen LogP contribution in [0.4, 0.5) is 0 Å². The molecule has 0 bridgehead atoms. The van der Waals surface area contributed by atoms with Crippen molar-refractivity contribution in [1.82, 2.24) is 5.09 Å². The molecule has 4 nitrogen and oxygen atoms in total. The van der Waals surface area contributed by atoms with E-state index in [-0.39, 0.29) is 0 Å². The second kappa shape index (κ2) is 2.80. The lowest BCUT2D eigenvalue weighted by molar-refractivity contribution is 0.203. The lowest BCUT2D eigenvalue weighted by Crippen LogP contribution is -2.22. The first-order chi connectivity index (χ1) is 4.27. The molecular formula is C4H10NO3P. The number of nitrogens with one attached hydrogen (secondary N) is 1. The van der Waals surface area contributed by atoms with Crippen molar-refractivity contribution in [2.24, 2.45) is 0 Å². The van der Waals surface area contributed by atoms with Gasteiger partial charge in [-0.25, -0.2) is 9.65 Å². The smallest absolute Gasteiger partial charge is 0.300 e. The number of hydrogen-bond donors (Lipinski definition) is 1. The molecule has 0 aromatic rings. The Labute approximate surface area is 54.1 Å². The molecule has 0 saturated carbocycles. The van der Waals surface area contributed by atoms with Crippen molar-refractivity contribution < 1.29 is 13.6 Å². The molecule has 0 aromatic carbocycles. The SMILES string of the molecule is COP1(=O)NCCCO1. The van der Waals surface area contributed by atoms with Crippen LogP contribution in [0.15, 0.2) is 0 Å². The molecule has 1 unspecified atom stereocenters. The Hall–Kier alpha value is 0.110. The molecule has 5 heteroatoms. The van der Waals surface area contributed by atoms with Crippen LogP contribution in [0.2, 0.25) is 0 Å². The molecule has 0 aromatic heterocycles. The average molecular weight is 151 g/mol. The summed E-state index contributed by atoms with van der Waals surface area (Å²) in [6, 6.07) is 0. The molecule has 1 saturated heterocycles. The van der Waals surface area contributed by atoms with Crippen molar-refractivity contribution >= 4 is 7.75 Å². The van der Waals surface area contributed by atoms with Crippen molar-refractivity contribution in [2.45, 2.75) is 6.42 Å². The maximum Gasteiger partial charge on any atom is 0.405 e. The van der Waals surface area contributed by atoms with Gasteiger partial charge in [0.1, 0.15) is 0 Å². The summed E-state index contributed by atoms with van der Waals surface area (Å²) in [5, 5.41) is 2.66. The standard InChI is InChI=1S/C4H10NO3P/c1-7-9(6)5-3-2-4-8-9/h2-4H2,1H3,(H,5,6). The average Bonchev–Trinajstić information content (AvgIpc) is 1.90. The third-order valence-electron chi connectivity index (χ3n) is 1.13. The normalized spacial score (nSPS) is 36.6. The molecule has 0 radical (unpaired) electrons. The maximum absolute atomic E-state index is 11.0. The maximum atomic E-state index is 11.0. The van der Waals surface area contributed by atoms with E-state index in [1.54, 1.807) is 0 Å². The molecule has 1 rings (SSSR count). The summed E-state index contributed by atoms with van der Waals surface area (Å²) in [7, 11) is -1.47. The zero-order valence-corrected chi connectivity index (χ0v) is 6.19. The number of hydrogen-bond acceptors (Lipinski definition) is 3. The highest BCUT2D eigenvalue weighted by molar-refractivity contribution is 7.51. The van der Waals surface area contributed by atoms with E-state index in [1.807, 2.05) is 0 Å². The molecule has 1 fully saturated rings. The van der Waals surface area contributed by atoms with E-state index >= 15 is 0 Å². The van der Waals surface area contributed by atoms with Gasteiger partial charge in [0.05, 0.1) is 6.61 Å². The highest BCUT2D eigenvalue weighted by Crippen LogP contribution is 2.44. The Kier molecular flexibility index (Phi) is 2.24. The van der Waals surface area contributed by atoms with Crippen LogP contribution in [0.25, 0.3) is 0 Å². The van der Waals surface area contributed by atoms with Crippen LogP contribution < -0.4 is 5.09 Å². The van der Waals surface area contributed by atoms with E-state index in [2.05, 4.69) is 9.61 Å². The minimum atomic E-state index is -2.84. The topological polar surface area (TPSA) is 47.6 Å². The molecule has 0 spiro atoms. The lowest BCUT2D eigenvalue weighted by atomic mass is 10.5. The summed E-state index contributed by atoms with van der Waals surface area (Å²) in [6.07, 6.45) is 0.896. The first-order valence-corrected chi connectivity index (χ1v) is 4.36.